The molecule has 2 heterocycles. The van der Waals surface area contributed by atoms with E-state index >= 15 is 0 Å². The second kappa shape index (κ2) is 6.09. The molecule has 1 aromatic carbocycles. The fraction of sp³-hybridized carbons (Fsp3) is 0.357. The van der Waals surface area contributed by atoms with Crippen molar-refractivity contribution in [3.63, 3.8) is 0 Å². The fourth-order valence-corrected chi connectivity index (χ4v) is 3.49. The lowest BCUT2D eigenvalue weighted by atomic mass is 10.2. The van der Waals surface area contributed by atoms with Crippen LogP contribution in [0.1, 0.15) is 28.4 Å². The van der Waals surface area contributed by atoms with E-state index in [1.165, 1.54) is 31.3 Å². The van der Waals surface area contributed by atoms with Gasteiger partial charge in [-0.2, -0.15) is 0 Å². The van der Waals surface area contributed by atoms with Gasteiger partial charge in [0.15, 0.2) is 0 Å². The van der Waals surface area contributed by atoms with E-state index in [0.717, 1.165) is 25.2 Å². The zero-order chi connectivity index (χ0) is 16.4. The van der Waals surface area contributed by atoms with Gasteiger partial charge in [0.1, 0.15) is 11.6 Å². The van der Waals surface area contributed by atoms with E-state index in [1.54, 1.807) is 0 Å². The van der Waals surface area contributed by atoms with Crippen LogP contribution in [0.4, 0.5) is 0 Å². The molecule has 0 bridgehead atoms. The fourth-order valence-electron chi connectivity index (χ4n) is 2.51. The van der Waals surface area contributed by atoms with Gasteiger partial charge in [0.25, 0.3) is 5.91 Å². The molecule has 1 amide bonds. The summed E-state index contributed by atoms with van der Waals surface area (Å²) in [6, 6.07) is 5.76. The number of hydrogen-bond acceptors (Lipinski definition) is 5. The highest BCUT2D eigenvalue weighted by molar-refractivity contribution is 7.89. The molecule has 8 nitrogen and oxygen atoms in total. The maximum Gasteiger partial charge on any atom is 0.251 e. The van der Waals surface area contributed by atoms with Crippen LogP contribution >= 0.6 is 0 Å². The van der Waals surface area contributed by atoms with Gasteiger partial charge in [0.2, 0.25) is 10.0 Å². The predicted octanol–water partition coefficient (Wildman–Crippen LogP) is 0.0624. The molecule has 122 valence electrons. The van der Waals surface area contributed by atoms with Crippen molar-refractivity contribution in [2.24, 2.45) is 0 Å². The van der Waals surface area contributed by atoms with Crippen LogP contribution in [0.5, 0.6) is 0 Å². The number of carbonyl (C=O) groups excluding carboxylic acids is 1. The smallest absolute Gasteiger partial charge is 0.251 e. The molecule has 1 aliphatic rings. The molecule has 0 unspecified atom stereocenters. The Labute approximate surface area is 134 Å². The Morgan fingerprint density at radius 1 is 1.26 bits per heavy atom. The molecule has 0 spiro atoms. The molecule has 2 aromatic rings. The molecular weight excluding hydrogens is 318 g/mol. The van der Waals surface area contributed by atoms with Crippen LogP contribution in [0.15, 0.2) is 29.2 Å². The summed E-state index contributed by atoms with van der Waals surface area (Å²) >= 11 is 0. The van der Waals surface area contributed by atoms with E-state index in [2.05, 4.69) is 20.2 Å². The minimum Gasteiger partial charge on any atom is -0.355 e. The Morgan fingerprint density at radius 2 is 2.00 bits per heavy atom. The number of nitrogens with one attached hydrogen (secondary N) is 2. The molecule has 0 saturated carbocycles. The van der Waals surface area contributed by atoms with Gasteiger partial charge in [-0.15, -0.1) is 10.2 Å². The standard InChI is InChI=1S/C14H17N5O3S/c1-15-14(20)10-4-6-11(7-5-10)23(21,22)16-9-13-18-17-12-3-2-8-19(12)13/h4-7,16H,2-3,8-9H2,1H3,(H,15,20). The maximum absolute atomic E-state index is 12.3. The molecule has 1 aliphatic heterocycles. The number of sulfonamides is 1. The Balaban J connectivity index is 1.72. The highest BCUT2D eigenvalue weighted by Crippen LogP contribution is 2.15. The number of aryl methyl sites for hydroxylation is 1. The van der Waals surface area contributed by atoms with Crippen molar-refractivity contribution in [2.75, 3.05) is 7.05 Å². The molecule has 1 aromatic heterocycles. The highest BCUT2D eigenvalue weighted by Gasteiger charge is 2.20. The lowest BCUT2D eigenvalue weighted by Gasteiger charge is -2.08. The molecule has 0 fully saturated rings. The van der Waals surface area contributed by atoms with Crippen molar-refractivity contribution in [1.82, 2.24) is 24.8 Å². The molecule has 3 rings (SSSR count). The first kappa shape index (κ1) is 15.6. The van der Waals surface area contributed by atoms with Crippen molar-refractivity contribution in [3.05, 3.63) is 41.5 Å². The third kappa shape index (κ3) is 3.10. The topological polar surface area (TPSA) is 106 Å². The maximum atomic E-state index is 12.3. The van der Waals surface area contributed by atoms with E-state index in [0.29, 0.717) is 11.4 Å². The summed E-state index contributed by atoms with van der Waals surface area (Å²) in [5.41, 5.74) is 0.404. The summed E-state index contributed by atoms with van der Waals surface area (Å²) in [5, 5.41) is 10.5. The van der Waals surface area contributed by atoms with Crippen LogP contribution in [0, 0.1) is 0 Å². The largest absolute Gasteiger partial charge is 0.355 e. The minimum atomic E-state index is -3.67. The van der Waals surface area contributed by atoms with Gasteiger partial charge in [0, 0.05) is 25.6 Å². The molecule has 0 saturated heterocycles. The Hall–Kier alpha value is -2.26. The van der Waals surface area contributed by atoms with E-state index in [1.807, 2.05) is 4.57 Å². The monoisotopic (exact) mass is 335 g/mol. The zero-order valence-corrected chi connectivity index (χ0v) is 13.4. The van der Waals surface area contributed by atoms with Crippen LogP contribution in [0.3, 0.4) is 0 Å². The lowest BCUT2D eigenvalue weighted by Crippen LogP contribution is -2.25. The number of benzene rings is 1. The quantitative estimate of drug-likeness (QED) is 0.804. The summed E-state index contributed by atoms with van der Waals surface area (Å²) in [4.78, 5) is 11.6. The lowest BCUT2D eigenvalue weighted by molar-refractivity contribution is 0.0963. The molecule has 2 N–H and O–H groups in total. The molecule has 9 heteroatoms. The summed E-state index contributed by atoms with van der Waals surface area (Å²) < 4.78 is 29.1. The first-order valence-corrected chi connectivity index (χ1v) is 8.72. The van der Waals surface area contributed by atoms with Gasteiger partial charge in [-0.05, 0) is 30.7 Å². The molecule has 0 atom stereocenters. The third-order valence-corrected chi connectivity index (χ3v) is 5.18. The predicted molar refractivity (Wildman–Crippen MR) is 82.2 cm³/mol. The van der Waals surface area contributed by atoms with E-state index in [4.69, 9.17) is 0 Å². The summed E-state index contributed by atoms with van der Waals surface area (Å²) in [6.45, 7) is 0.909. The van der Waals surface area contributed by atoms with Crippen molar-refractivity contribution in [1.29, 1.82) is 0 Å². The van der Waals surface area contributed by atoms with Gasteiger partial charge in [-0.1, -0.05) is 0 Å². The Morgan fingerprint density at radius 3 is 2.70 bits per heavy atom. The van der Waals surface area contributed by atoms with Gasteiger partial charge in [-0.3, -0.25) is 4.79 Å². The van der Waals surface area contributed by atoms with Gasteiger partial charge < -0.3 is 9.88 Å². The second-order valence-corrected chi connectivity index (χ2v) is 6.98. The van der Waals surface area contributed by atoms with Gasteiger partial charge in [-0.25, -0.2) is 13.1 Å². The van der Waals surface area contributed by atoms with Crippen molar-refractivity contribution in [3.8, 4) is 0 Å². The average molecular weight is 335 g/mol. The van der Waals surface area contributed by atoms with Crippen LogP contribution in [0.2, 0.25) is 0 Å². The number of amides is 1. The normalized spacial score (nSPS) is 13.8. The van der Waals surface area contributed by atoms with Crippen molar-refractivity contribution in [2.45, 2.75) is 30.8 Å². The molecule has 0 aliphatic carbocycles. The number of aromatic nitrogens is 3. The molecular formula is C14H17N5O3S. The van der Waals surface area contributed by atoms with E-state index < -0.39 is 10.0 Å². The Bertz CT molecular complexity index is 827. The number of carbonyl (C=O) groups is 1. The minimum absolute atomic E-state index is 0.0898. The van der Waals surface area contributed by atoms with Crippen molar-refractivity contribution < 1.29 is 13.2 Å². The molecule has 0 radical (unpaired) electrons. The summed E-state index contributed by atoms with van der Waals surface area (Å²) in [7, 11) is -2.15. The molecule has 23 heavy (non-hydrogen) atoms. The average Bonchev–Trinajstić information content (AvgIpc) is 3.16. The van der Waals surface area contributed by atoms with E-state index in [-0.39, 0.29) is 17.3 Å². The van der Waals surface area contributed by atoms with Gasteiger partial charge >= 0.3 is 0 Å². The Kier molecular flexibility index (Phi) is 4.14. The number of fused-ring (bicyclic) bond motifs is 1. The summed E-state index contributed by atoms with van der Waals surface area (Å²) in [5.74, 6) is 1.25. The third-order valence-electron chi connectivity index (χ3n) is 3.76. The summed E-state index contributed by atoms with van der Waals surface area (Å²) in [6.07, 6.45) is 1.88. The zero-order valence-electron chi connectivity index (χ0n) is 12.6. The number of rotatable bonds is 5. The van der Waals surface area contributed by atoms with Crippen LogP contribution < -0.4 is 10.0 Å². The number of hydrogen-bond donors (Lipinski definition) is 2. The van der Waals surface area contributed by atoms with Crippen LogP contribution in [-0.2, 0) is 29.5 Å². The number of nitrogens with zero attached hydrogens (tertiary/aromatic N) is 3. The second-order valence-electron chi connectivity index (χ2n) is 5.22. The van der Waals surface area contributed by atoms with Crippen LogP contribution in [-0.4, -0.2) is 36.1 Å². The SMILES string of the molecule is CNC(=O)c1ccc(S(=O)(=O)NCc2nnc3n2CCC3)cc1. The van der Waals surface area contributed by atoms with Crippen molar-refractivity contribution >= 4 is 15.9 Å². The van der Waals surface area contributed by atoms with E-state index in [9.17, 15) is 13.2 Å². The first-order valence-electron chi connectivity index (χ1n) is 7.24. The van der Waals surface area contributed by atoms with Gasteiger partial charge in [0.05, 0.1) is 11.4 Å². The van der Waals surface area contributed by atoms with Crippen LogP contribution in [0.25, 0.3) is 0 Å². The first-order chi connectivity index (χ1) is 11.0. The highest BCUT2D eigenvalue weighted by atomic mass is 32.2.